The van der Waals surface area contributed by atoms with E-state index < -0.39 is 0 Å². The highest BCUT2D eigenvalue weighted by Crippen LogP contribution is 2.27. The number of halogens is 2. The molecular formula is C13H14Cl2N2O2. The van der Waals surface area contributed by atoms with Crippen LogP contribution in [-0.2, 0) is 4.79 Å². The van der Waals surface area contributed by atoms with Crippen LogP contribution in [-0.4, -0.2) is 28.2 Å². The first-order chi connectivity index (χ1) is 8.90. The van der Waals surface area contributed by atoms with E-state index in [1.807, 2.05) is 13.8 Å². The molecule has 2 amide bonds. The van der Waals surface area contributed by atoms with Gasteiger partial charge in [-0.1, -0.05) is 37.0 Å². The largest absolute Gasteiger partial charge is 0.278 e. The summed E-state index contributed by atoms with van der Waals surface area (Å²) in [5, 5.41) is 0.352. The molecule has 2 heterocycles. The zero-order chi connectivity index (χ0) is 14.2. The lowest BCUT2D eigenvalue weighted by molar-refractivity contribution is -0.125. The van der Waals surface area contributed by atoms with Crippen LogP contribution < -0.4 is 0 Å². The molecule has 1 atom stereocenters. The fraction of sp³-hybridized carbons (Fsp3) is 0.462. The summed E-state index contributed by atoms with van der Waals surface area (Å²) in [6.07, 6.45) is 1.75. The highest BCUT2D eigenvalue weighted by molar-refractivity contribution is 6.41. The number of pyridine rings is 1. The first-order valence-corrected chi connectivity index (χ1v) is 6.81. The maximum atomic E-state index is 12.3. The summed E-state index contributed by atoms with van der Waals surface area (Å²) in [6, 6.07) is 1.44. The van der Waals surface area contributed by atoms with E-state index in [-0.39, 0.29) is 33.5 Å². The van der Waals surface area contributed by atoms with Crippen LogP contribution in [0.3, 0.4) is 0 Å². The molecular weight excluding hydrogens is 287 g/mol. The third kappa shape index (κ3) is 2.90. The number of hydrogen-bond donors (Lipinski definition) is 0. The summed E-state index contributed by atoms with van der Waals surface area (Å²) in [7, 11) is 0. The topological polar surface area (TPSA) is 50.3 Å². The predicted octanol–water partition coefficient (Wildman–Crippen LogP) is 3.03. The normalized spacial score (nSPS) is 19.3. The molecule has 6 heteroatoms. The molecule has 0 aliphatic carbocycles. The van der Waals surface area contributed by atoms with Crippen LogP contribution in [0.4, 0.5) is 0 Å². The van der Waals surface area contributed by atoms with Crippen molar-refractivity contribution in [2.45, 2.75) is 20.3 Å². The SMILES string of the molecule is CC(C)C1CC(=O)N(C(=O)c2cnc(Cl)c(Cl)c2)C1. The minimum Gasteiger partial charge on any atom is -0.278 e. The fourth-order valence-corrected chi connectivity index (χ4v) is 2.34. The molecule has 1 aromatic rings. The lowest BCUT2D eigenvalue weighted by Gasteiger charge is -2.16. The Morgan fingerprint density at radius 3 is 2.68 bits per heavy atom. The van der Waals surface area contributed by atoms with E-state index in [0.717, 1.165) is 0 Å². The summed E-state index contributed by atoms with van der Waals surface area (Å²) < 4.78 is 0. The van der Waals surface area contributed by atoms with Gasteiger partial charge in [-0.05, 0) is 17.9 Å². The van der Waals surface area contributed by atoms with Gasteiger partial charge in [0.15, 0.2) is 0 Å². The average molecular weight is 301 g/mol. The van der Waals surface area contributed by atoms with Gasteiger partial charge in [0.2, 0.25) is 5.91 Å². The highest BCUT2D eigenvalue weighted by Gasteiger charge is 2.35. The molecule has 0 spiro atoms. The minimum atomic E-state index is -0.362. The van der Waals surface area contributed by atoms with Gasteiger partial charge in [-0.2, -0.15) is 0 Å². The van der Waals surface area contributed by atoms with Crippen molar-refractivity contribution in [3.63, 3.8) is 0 Å². The van der Waals surface area contributed by atoms with Gasteiger partial charge in [0.1, 0.15) is 5.15 Å². The smallest absolute Gasteiger partial charge is 0.262 e. The number of rotatable bonds is 2. The Morgan fingerprint density at radius 2 is 2.16 bits per heavy atom. The Balaban J connectivity index is 2.20. The molecule has 1 saturated heterocycles. The summed E-state index contributed by atoms with van der Waals surface area (Å²) in [5.74, 6) is 0.0786. The Morgan fingerprint density at radius 1 is 1.47 bits per heavy atom. The van der Waals surface area contributed by atoms with Crippen molar-refractivity contribution in [2.75, 3.05) is 6.54 Å². The maximum absolute atomic E-state index is 12.3. The number of carbonyl (C=O) groups is 2. The summed E-state index contributed by atoms with van der Waals surface area (Å²) in [4.78, 5) is 29.2. The van der Waals surface area contributed by atoms with E-state index in [1.165, 1.54) is 17.2 Å². The Kier molecular flexibility index (Phi) is 4.11. The van der Waals surface area contributed by atoms with Crippen LogP contribution in [0.1, 0.15) is 30.6 Å². The number of aromatic nitrogens is 1. The van der Waals surface area contributed by atoms with E-state index in [9.17, 15) is 9.59 Å². The van der Waals surface area contributed by atoms with Crippen molar-refractivity contribution in [1.29, 1.82) is 0 Å². The third-order valence-corrected chi connectivity index (χ3v) is 4.07. The Hall–Kier alpha value is -1.13. The van der Waals surface area contributed by atoms with E-state index in [2.05, 4.69) is 4.98 Å². The van der Waals surface area contributed by atoms with Crippen LogP contribution in [0, 0.1) is 11.8 Å². The molecule has 0 bridgehead atoms. The van der Waals surface area contributed by atoms with Crippen molar-refractivity contribution in [2.24, 2.45) is 11.8 Å². The average Bonchev–Trinajstić information content (AvgIpc) is 2.74. The van der Waals surface area contributed by atoms with Crippen molar-refractivity contribution in [3.05, 3.63) is 28.0 Å². The molecule has 0 radical (unpaired) electrons. The van der Waals surface area contributed by atoms with Crippen LogP contribution in [0.25, 0.3) is 0 Å². The molecule has 1 fully saturated rings. The standard InChI is InChI=1S/C13H14Cl2N2O2/c1-7(2)9-4-11(18)17(6-9)13(19)8-3-10(14)12(15)16-5-8/h3,5,7,9H,4,6H2,1-2H3. The molecule has 0 N–H and O–H groups in total. The molecule has 2 rings (SSSR count). The predicted molar refractivity (Wildman–Crippen MR) is 73.2 cm³/mol. The summed E-state index contributed by atoms with van der Waals surface area (Å²) >= 11 is 11.5. The van der Waals surface area contributed by atoms with Crippen LogP contribution in [0.15, 0.2) is 12.3 Å². The molecule has 1 aromatic heterocycles. The molecule has 19 heavy (non-hydrogen) atoms. The monoisotopic (exact) mass is 300 g/mol. The number of nitrogens with zero attached hydrogens (tertiary/aromatic N) is 2. The van der Waals surface area contributed by atoms with Crippen molar-refractivity contribution < 1.29 is 9.59 Å². The van der Waals surface area contributed by atoms with Gasteiger partial charge in [0.25, 0.3) is 5.91 Å². The Bertz CT molecular complexity index is 531. The fourth-order valence-electron chi connectivity index (χ4n) is 2.07. The quantitative estimate of drug-likeness (QED) is 0.623. The molecule has 0 saturated carbocycles. The number of amides is 2. The second kappa shape index (κ2) is 5.47. The number of carbonyl (C=O) groups excluding carboxylic acids is 2. The van der Waals surface area contributed by atoms with Gasteiger partial charge in [-0.15, -0.1) is 0 Å². The Labute approximate surface area is 121 Å². The minimum absolute atomic E-state index is 0.144. The molecule has 1 aliphatic heterocycles. The van der Waals surface area contributed by atoms with E-state index in [0.29, 0.717) is 18.9 Å². The molecule has 4 nitrogen and oxygen atoms in total. The summed E-state index contributed by atoms with van der Waals surface area (Å²) in [6.45, 7) is 4.55. The lowest BCUT2D eigenvalue weighted by Crippen LogP contribution is -2.32. The van der Waals surface area contributed by atoms with Gasteiger partial charge in [-0.3, -0.25) is 14.5 Å². The lowest BCUT2D eigenvalue weighted by atomic mass is 9.95. The number of imide groups is 1. The van der Waals surface area contributed by atoms with Crippen molar-refractivity contribution in [3.8, 4) is 0 Å². The van der Waals surface area contributed by atoms with Crippen LogP contribution in [0.5, 0.6) is 0 Å². The molecule has 0 aromatic carbocycles. The highest BCUT2D eigenvalue weighted by atomic mass is 35.5. The number of likely N-dealkylation sites (tertiary alicyclic amines) is 1. The zero-order valence-corrected chi connectivity index (χ0v) is 12.2. The molecule has 102 valence electrons. The second-order valence-electron chi connectivity index (χ2n) is 5.01. The molecule has 1 aliphatic rings. The van der Waals surface area contributed by atoms with E-state index in [1.54, 1.807) is 0 Å². The van der Waals surface area contributed by atoms with Crippen molar-refractivity contribution >= 4 is 35.0 Å². The van der Waals surface area contributed by atoms with Gasteiger partial charge >= 0.3 is 0 Å². The van der Waals surface area contributed by atoms with Crippen LogP contribution in [0.2, 0.25) is 10.2 Å². The van der Waals surface area contributed by atoms with Gasteiger partial charge < -0.3 is 0 Å². The van der Waals surface area contributed by atoms with Crippen molar-refractivity contribution in [1.82, 2.24) is 9.88 Å². The third-order valence-electron chi connectivity index (χ3n) is 3.39. The zero-order valence-electron chi connectivity index (χ0n) is 10.7. The maximum Gasteiger partial charge on any atom is 0.262 e. The van der Waals surface area contributed by atoms with Crippen LogP contribution >= 0.6 is 23.2 Å². The number of hydrogen-bond acceptors (Lipinski definition) is 3. The first-order valence-electron chi connectivity index (χ1n) is 6.06. The van der Waals surface area contributed by atoms with Gasteiger partial charge in [0, 0.05) is 19.2 Å². The first kappa shape index (κ1) is 14.3. The summed E-state index contributed by atoms with van der Waals surface area (Å²) in [5.41, 5.74) is 0.284. The van der Waals surface area contributed by atoms with Gasteiger partial charge in [-0.25, -0.2) is 4.98 Å². The van der Waals surface area contributed by atoms with E-state index in [4.69, 9.17) is 23.2 Å². The molecule has 1 unspecified atom stereocenters. The van der Waals surface area contributed by atoms with Gasteiger partial charge in [0.05, 0.1) is 10.6 Å². The van der Waals surface area contributed by atoms with E-state index >= 15 is 0 Å². The second-order valence-corrected chi connectivity index (χ2v) is 5.78.